The molecule has 0 unspecified atom stereocenters. The van der Waals surface area contributed by atoms with Gasteiger partial charge in [-0.05, 0) is 36.4 Å². The molecular formula is C20H13ClFN3. The van der Waals surface area contributed by atoms with Gasteiger partial charge in [0.15, 0.2) is 11.6 Å². The Hall–Kier alpha value is -2.98. The smallest absolute Gasteiger partial charge is 0.183 e. The average molecular weight is 350 g/mol. The number of benzene rings is 3. The summed E-state index contributed by atoms with van der Waals surface area (Å²) in [7, 11) is 0. The summed E-state index contributed by atoms with van der Waals surface area (Å²) >= 11 is 6.28. The summed E-state index contributed by atoms with van der Waals surface area (Å²) in [4.78, 5) is 4.58. The number of halogens is 2. The molecule has 4 aromatic rings. The first-order valence-electron chi connectivity index (χ1n) is 7.76. The fraction of sp³-hybridized carbons (Fsp3) is 0. The molecule has 0 atom stereocenters. The zero-order valence-corrected chi connectivity index (χ0v) is 13.9. The van der Waals surface area contributed by atoms with Crippen LogP contribution in [-0.4, -0.2) is 14.8 Å². The van der Waals surface area contributed by atoms with Crippen LogP contribution in [0, 0.1) is 5.82 Å². The van der Waals surface area contributed by atoms with Gasteiger partial charge in [-0.1, -0.05) is 54.1 Å². The van der Waals surface area contributed by atoms with Crippen molar-refractivity contribution in [2.45, 2.75) is 0 Å². The lowest BCUT2D eigenvalue weighted by molar-refractivity contribution is 0.629. The minimum absolute atomic E-state index is 0.349. The van der Waals surface area contributed by atoms with E-state index in [-0.39, 0.29) is 5.82 Å². The van der Waals surface area contributed by atoms with E-state index >= 15 is 0 Å². The van der Waals surface area contributed by atoms with Gasteiger partial charge in [-0.15, -0.1) is 5.10 Å². The van der Waals surface area contributed by atoms with Crippen LogP contribution in [0.15, 0.2) is 78.9 Å². The number of nitrogens with zero attached hydrogens (tertiary/aromatic N) is 3. The van der Waals surface area contributed by atoms with Crippen LogP contribution in [0.3, 0.4) is 0 Å². The molecule has 3 nitrogen and oxygen atoms in total. The summed E-state index contributed by atoms with van der Waals surface area (Å²) < 4.78 is 16.0. The van der Waals surface area contributed by atoms with Crippen molar-refractivity contribution in [3.63, 3.8) is 0 Å². The van der Waals surface area contributed by atoms with Crippen LogP contribution in [0.4, 0.5) is 4.39 Å². The Kier molecular flexibility index (Phi) is 4.04. The second-order valence-electron chi connectivity index (χ2n) is 5.47. The van der Waals surface area contributed by atoms with E-state index in [1.165, 1.54) is 6.07 Å². The van der Waals surface area contributed by atoms with Crippen LogP contribution >= 0.6 is 11.6 Å². The van der Waals surface area contributed by atoms with Crippen LogP contribution in [0.25, 0.3) is 28.5 Å². The highest BCUT2D eigenvalue weighted by Gasteiger charge is 2.18. The van der Waals surface area contributed by atoms with Gasteiger partial charge in [0.2, 0.25) is 0 Å². The minimum Gasteiger partial charge on any atom is -0.213 e. The minimum atomic E-state index is -0.349. The molecule has 0 bridgehead atoms. The lowest BCUT2D eigenvalue weighted by atomic mass is 10.2. The standard InChI is InChI=1S/C20H13ClFN3/c21-17-12-6-4-10-15(17)19-23-20(16-11-5-7-13-18(16)22)25(24-19)14-8-2-1-3-9-14/h1-13H. The first-order valence-corrected chi connectivity index (χ1v) is 8.14. The second kappa shape index (κ2) is 6.49. The van der Waals surface area contributed by atoms with E-state index in [1.807, 2.05) is 48.5 Å². The molecule has 3 aromatic carbocycles. The van der Waals surface area contributed by atoms with Gasteiger partial charge in [0.1, 0.15) is 5.82 Å². The molecule has 122 valence electrons. The Morgan fingerprint density at radius 2 is 1.40 bits per heavy atom. The summed E-state index contributed by atoms with van der Waals surface area (Å²) in [5, 5.41) is 5.13. The van der Waals surface area contributed by atoms with Gasteiger partial charge in [-0.2, -0.15) is 0 Å². The highest BCUT2D eigenvalue weighted by molar-refractivity contribution is 6.33. The molecule has 0 spiro atoms. The fourth-order valence-electron chi connectivity index (χ4n) is 2.63. The van der Waals surface area contributed by atoms with Crippen molar-refractivity contribution >= 4 is 11.6 Å². The summed E-state index contributed by atoms with van der Waals surface area (Å²) in [5.74, 6) is 0.532. The average Bonchev–Trinajstić information content (AvgIpc) is 3.08. The van der Waals surface area contributed by atoms with E-state index in [9.17, 15) is 4.39 Å². The quantitative estimate of drug-likeness (QED) is 0.496. The molecule has 0 radical (unpaired) electrons. The summed E-state index contributed by atoms with van der Waals surface area (Å²) in [6.07, 6.45) is 0. The van der Waals surface area contributed by atoms with E-state index < -0.39 is 0 Å². The molecular weight excluding hydrogens is 337 g/mol. The summed E-state index contributed by atoms with van der Waals surface area (Å²) in [6.45, 7) is 0. The maximum Gasteiger partial charge on any atom is 0.183 e. The van der Waals surface area contributed by atoms with Gasteiger partial charge in [0.25, 0.3) is 0 Å². The van der Waals surface area contributed by atoms with Gasteiger partial charge < -0.3 is 0 Å². The third kappa shape index (κ3) is 2.92. The van der Waals surface area contributed by atoms with Crippen molar-refractivity contribution in [2.24, 2.45) is 0 Å². The van der Waals surface area contributed by atoms with Gasteiger partial charge in [0, 0.05) is 5.56 Å². The summed E-state index contributed by atoms with van der Waals surface area (Å²) in [6, 6.07) is 23.4. The Morgan fingerprint density at radius 1 is 0.760 bits per heavy atom. The van der Waals surface area contributed by atoms with E-state index in [2.05, 4.69) is 10.1 Å². The molecule has 0 fully saturated rings. The lowest BCUT2D eigenvalue weighted by Crippen LogP contribution is -2.00. The first kappa shape index (κ1) is 15.5. The number of aromatic nitrogens is 3. The highest BCUT2D eigenvalue weighted by Crippen LogP contribution is 2.30. The molecule has 0 amide bonds. The molecule has 5 heteroatoms. The van der Waals surface area contributed by atoms with Crippen molar-refractivity contribution < 1.29 is 4.39 Å². The van der Waals surface area contributed by atoms with Crippen molar-refractivity contribution in [1.29, 1.82) is 0 Å². The highest BCUT2D eigenvalue weighted by atomic mass is 35.5. The molecule has 0 N–H and O–H groups in total. The van der Waals surface area contributed by atoms with Crippen molar-refractivity contribution in [3.05, 3.63) is 89.7 Å². The SMILES string of the molecule is Fc1ccccc1-c1nc(-c2ccccc2Cl)nn1-c1ccccc1. The second-order valence-corrected chi connectivity index (χ2v) is 5.87. The molecule has 1 aromatic heterocycles. The Balaban J connectivity index is 1.96. The molecule has 0 aliphatic heterocycles. The van der Waals surface area contributed by atoms with E-state index in [1.54, 1.807) is 28.9 Å². The van der Waals surface area contributed by atoms with Gasteiger partial charge in [-0.25, -0.2) is 14.1 Å². The number of rotatable bonds is 3. The van der Waals surface area contributed by atoms with Crippen molar-refractivity contribution in [3.8, 4) is 28.5 Å². The third-order valence-electron chi connectivity index (χ3n) is 3.84. The molecule has 1 heterocycles. The van der Waals surface area contributed by atoms with Crippen LogP contribution in [0.5, 0.6) is 0 Å². The van der Waals surface area contributed by atoms with Gasteiger partial charge in [-0.3, -0.25) is 0 Å². The Labute approximate surface area is 149 Å². The number of para-hydroxylation sites is 1. The molecule has 25 heavy (non-hydrogen) atoms. The first-order chi connectivity index (χ1) is 12.2. The molecule has 0 saturated carbocycles. The monoisotopic (exact) mass is 349 g/mol. The number of hydrogen-bond acceptors (Lipinski definition) is 2. The lowest BCUT2D eigenvalue weighted by Gasteiger charge is -2.06. The fourth-order valence-corrected chi connectivity index (χ4v) is 2.86. The predicted molar refractivity (Wildman–Crippen MR) is 97.2 cm³/mol. The molecule has 0 aliphatic rings. The molecule has 4 rings (SSSR count). The van der Waals surface area contributed by atoms with E-state index in [0.717, 1.165) is 5.69 Å². The largest absolute Gasteiger partial charge is 0.213 e. The third-order valence-corrected chi connectivity index (χ3v) is 4.17. The van der Waals surface area contributed by atoms with Crippen molar-refractivity contribution in [1.82, 2.24) is 14.8 Å². The van der Waals surface area contributed by atoms with E-state index in [0.29, 0.717) is 27.8 Å². The Morgan fingerprint density at radius 3 is 2.12 bits per heavy atom. The predicted octanol–water partition coefficient (Wildman–Crippen LogP) is 5.39. The van der Waals surface area contributed by atoms with E-state index in [4.69, 9.17) is 11.6 Å². The van der Waals surface area contributed by atoms with Crippen LogP contribution in [-0.2, 0) is 0 Å². The zero-order chi connectivity index (χ0) is 17.2. The van der Waals surface area contributed by atoms with Gasteiger partial charge in [0.05, 0.1) is 16.3 Å². The van der Waals surface area contributed by atoms with Crippen LogP contribution in [0.2, 0.25) is 5.02 Å². The zero-order valence-electron chi connectivity index (χ0n) is 13.1. The maximum absolute atomic E-state index is 14.4. The number of hydrogen-bond donors (Lipinski definition) is 0. The molecule has 0 saturated heterocycles. The van der Waals surface area contributed by atoms with Gasteiger partial charge >= 0.3 is 0 Å². The van der Waals surface area contributed by atoms with Crippen molar-refractivity contribution in [2.75, 3.05) is 0 Å². The molecule has 0 aliphatic carbocycles. The Bertz CT molecular complexity index is 1030. The maximum atomic E-state index is 14.4. The van der Waals surface area contributed by atoms with Crippen LogP contribution < -0.4 is 0 Å². The normalized spacial score (nSPS) is 10.8. The van der Waals surface area contributed by atoms with Crippen LogP contribution in [0.1, 0.15) is 0 Å². The topological polar surface area (TPSA) is 30.7 Å². The summed E-state index contributed by atoms with van der Waals surface area (Å²) in [5.41, 5.74) is 1.89.